The lowest BCUT2D eigenvalue weighted by Crippen LogP contribution is -2.05. The molecule has 0 saturated carbocycles. The second kappa shape index (κ2) is 8.04. The number of nitrogens with zero attached hydrogens (tertiary/aromatic N) is 3. The minimum atomic E-state index is -4.34. The van der Waals surface area contributed by atoms with Gasteiger partial charge in [-0.15, -0.1) is 10.2 Å². The van der Waals surface area contributed by atoms with Gasteiger partial charge < -0.3 is 9.30 Å². The van der Waals surface area contributed by atoms with E-state index in [1.807, 2.05) is 35.9 Å². The highest BCUT2D eigenvalue weighted by Gasteiger charge is 2.30. The number of hydrogen-bond acceptors (Lipinski definition) is 4. The molecule has 27 heavy (non-hydrogen) atoms. The molecule has 0 N–H and O–H groups in total. The summed E-state index contributed by atoms with van der Waals surface area (Å²) in [6.07, 6.45) is -3.73. The molecule has 3 rings (SSSR count). The first-order valence-electron chi connectivity index (χ1n) is 8.17. The molecule has 0 saturated heterocycles. The number of benzene rings is 2. The minimum Gasteiger partial charge on any atom is -0.497 e. The maximum atomic E-state index is 12.8. The predicted molar refractivity (Wildman–Crippen MR) is 97.8 cm³/mol. The van der Waals surface area contributed by atoms with Crippen LogP contribution >= 0.6 is 11.8 Å². The normalized spacial score (nSPS) is 11.6. The Hall–Kier alpha value is -2.48. The van der Waals surface area contributed by atoms with Gasteiger partial charge in [-0.05, 0) is 29.3 Å². The van der Waals surface area contributed by atoms with Crippen molar-refractivity contribution in [1.29, 1.82) is 0 Å². The second-order valence-electron chi connectivity index (χ2n) is 5.97. The van der Waals surface area contributed by atoms with Crippen molar-refractivity contribution in [2.45, 2.75) is 23.5 Å². The standard InChI is InChI=1S/C19H18F3N3OS/c1-25-17(11-13-6-8-16(26-2)9-7-13)23-24-18(25)27-12-14-4-3-5-15(10-14)19(20,21)22/h3-10H,11-12H2,1-2H3. The van der Waals surface area contributed by atoms with Gasteiger partial charge in [0.2, 0.25) is 0 Å². The lowest BCUT2D eigenvalue weighted by Gasteiger charge is -2.08. The van der Waals surface area contributed by atoms with Crippen LogP contribution in [-0.2, 0) is 25.4 Å². The molecule has 0 unspecified atom stereocenters. The molecule has 0 fully saturated rings. The lowest BCUT2D eigenvalue weighted by molar-refractivity contribution is -0.137. The fourth-order valence-electron chi connectivity index (χ4n) is 2.54. The molecule has 0 radical (unpaired) electrons. The monoisotopic (exact) mass is 393 g/mol. The third kappa shape index (κ3) is 4.82. The SMILES string of the molecule is COc1ccc(Cc2nnc(SCc3cccc(C(F)(F)F)c3)n2C)cc1. The van der Waals surface area contributed by atoms with E-state index in [1.54, 1.807) is 13.2 Å². The summed E-state index contributed by atoms with van der Waals surface area (Å²) in [6, 6.07) is 13.0. The van der Waals surface area contributed by atoms with E-state index in [-0.39, 0.29) is 0 Å². The van der Waals surface area contributed by atoms with Gasteiger partial charge in [-0.1, -0.05) is 42.1 Å². The van der Waals surface area contributed by atoms with E-state index in [0.717, 1.165) is 23.2 Å². The van der Waals surface area contributed by atoms with Crippen molar-refractivity contribution in [3.8, 4) is 5.75 Å². The minimum absolute atomic E-state index is 0.387. The fourth-order valence-corrected chi connectivity index (χ4v) is 3.41. The molecular formula is C19H18F3N3OS. The Balaban J connectivity index is 1.67. The molecule has 142 valence electrons. The zero-order valence-electron chi connectivity index (χ0n) is 14.8. The number of halogens is 3. The molecule has 0 aliphatic heterocycles. The van der Waals surface area contributed by atoms with E-state index in [0.29, 0.717) is 22.9 Å². The zero-order chi connectivity index (χ0) is 19.4. The molecule has 0 bridgehead atoms. The predicted octanol–water partition coefficient (Wildman–Crippen LogP) is 4.73. The zero-order valence-corrected chi connectivity index (χ0v) is 15.6. The van der Waals surface area contributed by atoms with Gasteiger partial charge in [0.25, 0.3) is 0 Å². The molecule has 1 heterocycles. The molecule has 3 aromatic rings. The van der Waals surface area contributed by atoms with Crippen molar-refractivity contribution < 1.29 is 17.9 Å². The van der Waals surface area contributed by atoms with Crippen LogP contribution in [-0.4, -0.2) is 21.9 Å². The topological polar surface area (TPSA) is 39.9 Å². The van der Waals surface area contributed by atoms with Crippen molar-refractivity contribution in [2.24, 2.45) is 7.05 Å². The highest BCUT2D eigenvalue weighted by Crippen LogP contribution is 2.31. The summed E-state index contributed by atoms with van der Waals surface area (Å²) in [5, 5.41) is 9.03. The van der Waals surface area contributed by atoms with Crippen LogP contribution in [0, 0.1) is 0 Å². The Bertz CT molecular complexity index is 907. The van der Waals surface area contributed by atoms with Crippen LogP contribution in [0.2, 0.25) is 0 Å². The molecule has 0 aliphatic carbocycles. The van der Waals surface area contributed by atoms with Crippen LogP contribution in [0.4, 0.5) is 13.2 Å². The Morgan fingerprint density at radius 1 is 1.04 bits per heavy atom. The molecule has 0 aliphatic rings. The van der Waals surface area contributed by atoms with Crippen molar-refractivity contribution in [1.82, 2.24) is 14.8 Å². The average Bonchev–Trinajstić information content (AvgIpc) is 3.00. The van der Waals surface area contributed by atoms with Gasteiger partial charge in [-0.2, -0.15) is 13.2 Å². The maximum Gasteiger partial charge on any atom is 0.416 e. The molecule has 0 spiro atoms. The van der Waals surface area contributed by atoms with Crippen LogP contribution in [0.5, 0.6) is 5.75 Å². The Kier molecular flexibility index (Phi) is 5.74. The van der Waals surface area contributed by atoms with E-state index in [4.69, 9.17) is 4.74 Å². The van der Waals surface area contributed by atoms with Crippen LogP contribution < -0.4 is 4.74 Å². The smallest absolute Gasteiger partial charge is 0.416 e. The summed E-state index contributed by atoms with van der Waals surface area (Å²) < 4.78 is 45.4. The van der Waals surface area contributed by atoms with Crippen LogP contribution in [0.25, 0.3) is 0 Å². The van der Waals surface area contributed by atoms with Crippen molar-refractivity contribution in [3.05, 3.63) is 71.0 Å². The number of thioether (sulfide) groups is 1. The van der Waals surface area contributed by atoms with Crippen LogP contribution in [0.15, 0.2) is 53.7 Å². The highest BCUT2D eigenvalue weighted by molar-refractivity contribution is 7.98. The molecular weight excluding hydrogens is 375 g/mol. The van der Waals surface area contributed by atoms with Gasteiger partial charge in [-0.25, -0.2) is 0 Å². The largest absolute Gasteiger partial charge is 0.497 e. The molecule has 4 nitrogen and oxygen atoms in total. The number of hydrogen-bond donors (Lipinski definition) is 0. The number of ether oxygens (including phenoxy) is 1. The van der Waals surface area contributed by atoms with Gasteiger partial charge in [0.15, 0.2) is 5.16 Å². The van der Waals surface area contributed by atoms with Gasteiger partial charge in [0.05, 0.1) is 12.7 Å². The molecule has 0 atom stereocenters. The van der Waals surface area contributed by atoms with Gasteiger partial charge in [-0.3, -0.25) is 0 Å². The van der Waals surface area contributed by atoms with E-state index >= 15 is 0 Å². The Morgan fingerprint density at radius 2 is 1.78 bits per heavy atom. The maximum absolute atomic E-state index is 12.8. The first-order chi connectivity index (χ1) is 12.9. The molecule has 1 aromatic heterocycles. The first-order valence-corrected chi connectivity index (χ1v) is 9.15. The lowest BCUT2D eigenvalue weighted by atomic mass is 10.1. The molecule has 2 aromatic carbocycles. The molecule has 8 heteroatoms. The summed E-state index contributed by atoms with van der Waals surface area (Å²) in [7, 11) is 3.47. The third-order valence-corrected chi connectivity index (χ3v) is 5.16. The number of alkyl halides is 3. The summed E-state index contributed by atoms with van der Waals surface area (Å²) >= 11 is 1.36. The van der Waals surface area contributed by atoms with Crippen molar-refractivity contribution in [3.63, 3.8) is 0 Å². The highest BCUT2D eigenvalue weighted by atomic mass is 32.2. The van der Waals surface area contributed by atoms with Crippen molar-refractivity contribution >= 4 is 11.8 Å². The Labute approximate surface area is 159 Å². The number of rotatable bonds is 6. The molecule has 0 amide bonds. The number of methoxy groups -OCH3 is 1. The third-order valence-electron chi connectivity index (χ3n) is 4.07. The van der Waals surface area contributed by atoms with Gasteiger partial charge in [0.1, 0.15) is 11.6 Å². The van der Waals surface area contributed by atoms with E-state index in [2.05, 4.69) is 10.2 Å². The summed E-state index contributed by atoms with van der Waals surface area (Å²) in [5.74, 6) is 1.96. The second-order valence-corrected chi connectivity index (χ2v) is 6.91. The summed E-state index contributed by atoms with van der Waals surface area (Å²) in [6.45, 7) is 0. The first kappa shape index (κ1) is 19.3. The van der Waals surface area contributed by atoms with Crippen LogP contribution in [0.1, 0.15) is 22.5 Å². The van der Waals surface area contributed by atoms with E-state index in [9.17, 15) is 13.2 Å². The van der Waals surface area contributed by atoms with E-state index in [1.165, 1.54) is 23.9 Å². The summed E-state index contributed by atoms with van der Waals surface area (Å²) in [5.41, 5.74) is 1.02. The average molecular weight is 393 g/mol. The van der Waals surface area contributed by atoms with E-state index < -0.39 is 11.7 Å². The van der Waals surface area contributed by atoms with Gasteiger partial charge >= 0.3 is 6.18 Å². The fraction of sp³-hybridized carbons (Fsp3) is 0.263. The Morgan fingerprint density at radius 3 is 2.44 bits per heavy atom. The van der Waals surface area contributed by atoms with Gasteiger partial charge in [0, 0.05) is 19.2 Å². The summed E-state index contributed by atoms with van der Waals surface area (Å²) in [4.78, 5) is 0. The quantitative estimate of drug-likeness (QED) is 0.568. The van der Waals surface area contributed by atoms with Crippen molar-refractivity contribution in [2.75, 3.05) is 7.11 Å². The number of aromatic nitrogens is 3. The van der Waals surface area contributed by atoms with Crippen LogP contribution in [0.3, 0.4) is 0 Å².